The highest BCUT2D eigenvalue weighted by Crippen LogP contribution is 2.25. The molecule has 182 valence electrons. The van der Waals surface area contributed by atoms with Crippen molar-refractivity contribution in [1.82, 2.24) is 0 Å². The molecule has 3 aromatic carbocycles. The van der Waals surface area contributed by atoms with Gasteiger partial charge in [0.1, 0.15) is 0 Å². The monoisotopic (exact) mass is 494 g/mol. The number of aromatic carboxylic acids is 1. The third-order valence-electron chi connectivity index (χ3n) is 4.76. The second-order valence-corrected chi connectivity index (χ2v) is 7.03. The number of nitro benzene ring substituents is 2. The normalized spacial score (nSPS) is 10.2. The molecule has 0 atom stereocenters. The van der Waals surface area contributed by atoms with Crippen molar-refractivity contribution in [2.45, 2.75) is 0 Å². The highest BCUT2D eigenvalue weighted by molar-refractivity contribution is 6.19. The molecule has 0 bridgehead atoms. The first-order valence-corrected chi connectivity index (χ1v) is 9.74. The number of rotatable bonds is 7. The van der Waals surface area contributed by atoms with Crippen molar-refractivity contribution in [3.8, 4) is 0 Å². The fourth-order valence-corrected chi connectivity index (χ4v) is 3.11. The summed E-state index contributed by atoms with van der Waals surface area (Å²) in [7, 11) is 0. The molecule has 0 spiro atoms. The van der Waals surface area contributed by atoms with E-state index in [0.29, 0.717) is 0 Å². The Morgan fingerprint density at radius 3 is 2.00 bits per heavy atom. The average molecular weight is 494 g/mol. The fraction of sp³-hybridized carbons (Fsp3) is 0. The predicted octanol–water partition coefficient (Wildman–Crippen LogP) is 3.78. The van der Waals surface area contributed by atoms with E-state index >= 15 is 0 Å². The van der Waals surface area contributed by atoms with E-state index in [1.165, 1.54) is 30.3 Å². The van der Waals surface area contributed by atoms with Crippen LogP contribution >= 0.6 is 0 Å². The van der Waals surface area contributed by atoms with E-state index in [1.807, 2.05) is 0 Å². The molecule has 14 heteroatoms. The number of benzene rings is 3. The Morgan fingerprint density at radius 2 is 1.39 bits per heavy atom. The number of nitrogens with one attached hydrogen (secondary N) is 1. The van der Waals surface area contributed by atoms with Crippen LogP contribution in [0.1, 0.15) is 31.1 Å². The zero-order valence-corrected chi connectivity index (χ0v) is 17.9. The van der Waals surface area contributed by atoms with Crippen molar-refractivity contribution in [2.24, 2.45) is 0 Å². The van der Waals surface area contributed by atoms with Crippen molar-refractivity contribution in [3.63, 3.8) is 0 Å². The van der Waals surface area contributed by atoms with Crippen molar-refractivity contribution in [2.75, 3.05) is 10.2 Å². The first-order chi connectivity index (χ1) is 17.0. The number of hydrogen-bond acceptors (Lipinski definition) is 8. The molecule has 0 aliphatic heterocycles. The van der Waals surface area contributed by atoms with Gasteiger partial charge in [0.25, 0.3) is 23.2 Å². The van der Waals surface area contributed by atoms with E-state index in [0.717, 1.165) is 36.4 Å². The highest BCUT2D eigenvalue weighted by atomic mass is 16.6. The highest BCUT2D eigenvalue weighted by Gasteiger charge is 2.26. The Hall–Kier alpha value is -5.66. The van der Waals surface area contributed by atoms with Crippen molar-refractivity contribution in [1.29, 1.82) is 0 Å². The van der Waals surface area contributed by atoms with Gasteiger partial charge in [-0.15, -0.1) is 0 Å². The van der Waals surface area contributed by atoms with Crippen LogP contribution in [0.2, 0.25) is 0 Å². The molecule has 3 N–H and O–H groups in total. The molecule has 14 nitrogen and oxygen atoms in total. The lowest BCUT2D eigenvalue weighted by Crippen LogP contribution is -2.36. The molecule has 36 heavy (non-hydrogen) atoms. The van der Waals surface area contributed by atoms with E-state index in [9.17, 15) is 49.6 Å². The summed E-state index contributed by atoms with van der Waals surface area (Å²) in [6.45, 7) is 0. The molecular formula is C22H14N4O10. The maximum absolute atomic E-state index is 13.0. The third-order valence-corrected chi connectivity index (χ3v) is 4.76. The van der Waals surface area contributed by atoms with Gasteiger partial charge in [-0.2, -0.15) is 0 Å². The van der Waals surface area contributed by atoms with Gasteiger partial charge in [0.15, 0.2) is 0 Å². The summed E-state index contributed by atoms with van der Waals surface area (Å²) in [6, 6.07) is 11.8. The summed E-state index contributed by atoms with van der Waals surface area (Å²) in [4.78, 5) is 69.7. The number of nitro groups is 2. The van der Waals surface area contributed by atoms with Gasteiger partial charge in [-0.1, -0.05) is 12.1 Å². The molecule has 3 aromatic rings. The van der Waals surface area contributed by atoms with Crippen LogP contribution in [0.5, 0.6) is 0 Å². The van der Waals surface area contributed by atoms with Crippen LogP contribution in [0.3, 0.4) is 0 Å². The molecule has 0 aliphatic rings. The number of carbonyl (C=O) groups excluding carboxylic acids is 2. The van der Waals surface area contributed by atoms with Crippen LogP contribution in [0, 0.1) is 20.2 Å². The number of carbonyl (C=O) groups is 4. The number of anilines is 2. The van der Waals surface area contributed by atoms with Crippen molar-refractivity contribution >= 4 is 46.6 Å². The second kappa shape index (κ2) is 10.1. The Balaban J connectivity index is 1.95. The van der Waals surface area contributed by atoms with Crippen LogP contribution in [-0.2, 0) is 0 Å². The third kappa shape index (κ3) is 5.28. The summed E-state index contributed by atoms with van der Waals surface area (Å²) < 4.78 is 0. The van der Waals surface area contributed by atoms with Gasteiger partial charge in [0, 0.05) is 35.4 Å². The van der Waals surface area contributed by atoms with Gasteiger partial charge < -0.3 is 15.5 Å². The molecule has 0 unspecified atom stereocenters. The fourth-order valence-electron chi connectivity index (χ4n) is 3.11. The number of nitrogens with zero attached hydrogens (tertiary/aromatic N) is 3. The number of carboxylic acids is 1. The molecule has 0 aromatic heterocycles. The average Bonchev–Trinajstić information content (AvgIpc) is 2.83. The molecule has 0 radical (unpaired) electrons. The van der Waals surface area contributed by atoms with Crippen molar-refractivity contribution < 1.29 is 39.2 Å². The number of imide groups is 1. The molecular weight excluding hydrogens is 480 g/mol. The maximum atomic E-state index is 13.0. The SMILES string of the molecule is O=C(Nc1cc([N+](=O)[O-])ccc1C(=O)O)c1cccc(C(=O)N(C(=O)O)c2cccc([N+](=O)[O-])c2)c1. The van der Waals surface area contributed by atoms with Gasteiger partial charge in [0.05, 0.1) is 26.8 Å². The quantitative estimate of drug-likeness (QED) is 0.319. The predicted molar refractivity (Wildman–Crippen MR) is 122 cm³/mol. The van der Waals surface area contributed by atoms with Crippen molar-refractivity contribution in [3.05, 3.63) is 104 Å². The van der Waals surface area contributed by atoms with Gasteiger partial charge in [-0.05, 0) is 30.3 Å². The minimum absolute atomic E-state index is 0.201. The van der Waals surface area contributed by atoms with E-state index in [2.05, 4.69) is 5.32 Å². The summed E-state index contributed by atoms with van der Waals surface area (Å²) in [5.41, 5.74) is -2.52. The largest absolute Gasteiger partial charge is 0.478 e. The topological polar surface area (TPSA) is 210 Å². The minimum Gasteiger partial charge on any atom is -0.478 e. The Labute approximate surface area is 200 Å². The van der Waals surface area contributed by atoms with E-state index in [1.54, 1.807) is 0 Å². The molecule has 0 heterocycles. The second-order valence-electron chi connectivity index (χ2n) is 7.03. The van der Waals surface area contributed by atoms with Gasteiger partial charge in [0.2, 0.25) is 0 Å². The smallest absolute Gasteiger partial charge is 0.419 e. The standard InChI is InChI=1S/C22H14N4O10/c27-19(23-18-11-16(26(35)36)7-8-17(18)21(29)30)12-3-1-4-13(9-12)20(28)24(22(31)32)14-5-2-6-15(10-14)25(33)34/h1-11H,(H,23,27)(H,29,30)(H,31,32). The van der Waals surface area contributed by atoms with Gasteiger partial charge >= 0.3 is 12.1 Å². The van der Waals surface area contributed by atoms with Crippen LogP contribution in [0.4, 0.5) is 27.5 Å². The first-order valence-electron chi connectivity index (χ1n) is 9.74. The molecule has 3 rings (SSSR count). The zero-order chi connectivity index (χ0) is 26.6. The van der Waals surface area contributed by atoms with Crippen LogP contribution in [0.15, 0.2) is 66.7 Å². The van der Waals surface area contributed by atoms with Gasteiger partial charge in [-0.25, -0.2) is 14.5 Å². The minimum atomic E-state index is -1.74. The Bertz CT molecular complexity index is 1440. The first kappa shape index (κ1) is 25.0. The summed E-state index contributed by atoms with van der Waals surface area (Å²) in [6.07, 6.45) is -1.74. The summed E-state index contributed by atoms with van der Waals surface area (Å²) >= 11 is 0. The maximum Gasteiger partial charge on any atom is 0.419 e. The van der Waals surface area contributed by atoms with Gasteiger partial charge in [-0.3, -0.25) is 29.8 Å². The molecule has 3 amide bonds. The lowest BCUT2D eigenvalue weighted by atomic mass is 10.1. The van der Waals surface area contributed by atoms with E-state index < -0.39 is 50.7 Å². The molecule has 0 fully saturated rings. The number of non-ortho nitro benzene ring substituents is 2. The Morgan fingerprint density at radius 1 is 0.778 bits per heavy atom. The lowest BCUT2D eigenvalue weighted by Gasteiger charge is -2.17. The molecule has 0 saturated heterocycles. The number of hydrogen-bond donors (Lipinski definition) is 3. The number of amides is 3. The van der Waals surface area contributed by atoms with Crippen LogP contribution in [0.25, 0.3) is 0 Å². The van der Waals surface area contributed by atoms with Crippen LogP contribution in [-0.4, -0.2) is 43.9 Å². The summed E-state index contributed by atoms with van der Waals surface area (Å²) in [5, 5.41) is 43.1. The zero-order valence-electron chi connectivity index (χ0n) is 17.9. The lowest BCUT2D eigenvalue weighted by molar-refractivity contribution is -0.385. The molecule has 0 saturated carbocycles. The van der Waals surface area contributed by atoms with E-state index in [-0.39, 0.29) is 27.4 Å². The van der Waals surface area contributed by atoms with Crippen LogP contribution < -0.4 is 10.2 Å². The molecule has 0 aliphatic carbocycles. The van der Waals surface area contributed by atoms with E-state index in [4.69, 9.17) is 0 Å². The Kier molecular flexibility index (Phi) is 7.00. The summed E-state index contributed by atoms with van der Waals surface area (Å²) in [5.74, 6) is -3.53. The number of carboxylic acid groups (broad SMARTS) is 2.